The van der Waals surface area contributed by atoms with Crippen molar-refractivity contribution in [2.24, 2.45) is 7.05 Å². The molecule has 2 aliphatic rings. The number of ether oxygens (including phenoxy) is 2. The summed E-state index contributed by atoms with van der Waals surface area (Å²) in [5.74, 6) is 0.774. The van der Waals surface area contributed by atoms with E-state index in [1.54, 1.807) is 0 Å². The van der Waals surface area contributed by atoms with E-state index in [0.29, 0.717) is 39.3 Å². The lowest BCUT2D eigenvalue weighted by molar-refractivity contribution is -0.136. The smallest absolute Gasteiger partial charge is 0.248 e. The third-order valence-electron chi connectivity index (χ3n) is 6.04. The van der Waals surface area contributed by atoms with E-state index in [4.69, 9.17) is 9.47 Å². The summed E-state index contributed by atoms with van der Waals surface area (Å²) in [5.41, 5.74) is 1.98. The number of para-hydroxylation sites is 2. The second-order valence-electron chi connectivity index (χ2n) is 7.81. The molecule has 0 bridgehead atoms. The highest BCUT2D eigenvalue weighted by molar-refractivity contribution is 5.77. The van der Waals surface area contributed by atoms with Crippen molar-refractivity contribution in [3.05, 3.63) is 30.1 Å². The van der Waals surface area contributed by atoms with Crippen molar-refractivity contribution < 1.29 is 19.4 Å². The normalized spacial score (nSPS) is 24.0. The number of aromatic nitrogens is 2. The number of imidazole rings is 1. The molecule has 4 rings (SSSR count). The van der Waals surface area contributed by atoms with Crippen LogP contribution in [0.4, 0.5) is 0 Å². The topological polar surface area (TPSA) is 80.1 Å². The Kier molecular flexibility index (Phi) is 6.44. The largest absolute Gasteiger partial charge is 0.391 e. The molecular formula is C21H30N4O4. The Morgan fingerprint density at radius 3 is 2.76 bits per heavy atom. The molecular weight excluding hydrogens is 372 g/mol. The predicted octanol–water partition coefficient (Wildman–Crippen LogP) is 0.774. The Morgan fingerprint density at radius 2 is 1.97 bits per heavy atom. The second kappa shape index (κ2) is 9.21. The molecule has 1 N–H and O–H groups in total. The summed E-state index contributed by atoms with van der Waals surface area (Å²) in [6.45, 7) is 4.65. The van der Waals surface area contributed by atoms with Gasteiger partial charge in [-0.2, -0.15) is 0 Å². The summed E-state index contributed by atoms with van der Waals surface area (Å²) in [5, 5.41) is 10.6. The number of benzene rings is 1. The first-order valence-electron chi connectivity index (χ1n) is 10.4. The van der Waals surface area contributed by atoms with Crippen molar-refractivity contribution >= 4 is 16.9 Å². The Hall–Kier alpha value is -2.00. The first-order valence-corrected chi connectivity index (χ1v) is 10.4. The monoisotopic (exact) mass is 402 g/mol. The van der Waals surface area contributed by atoms with Crippen molar-refractivity contribution in [1.29, 1.82) is 0 Å². The number of aliphatic hydroxyl groups excluding tert-OH is 1. The van der Waals surface area contributed by atoms with Gasteiger partial charge in [0, 0.05) is 39.3 Å². The molecule has 8 nitrogen and oxygen atoms in total. The average Bonchev–Trinajstić information content (AvgIpc) is 2.93. The molecule has 0 saturated carbocycles. The van der Waals surface area contributed by atoms with Crippen LogP contribution in [0, 0.1) is 0 Å². The molecule has 1 aromatic heterocycles. The maximum absolute atomic E-state index is 12.6. The number of fused-ring (bicyclic) bond motifs is 1. The summed E-state index contributed by atoms with van der Waals surface area (Å²) in [7, 11) is 1.96. The number of morpholine rings is 1. The number of aliphatic hydroxyl groups is 1. The van der Waals surface area contributed by atoms with Gasteiger partial charge in [0.05, 0.1) is 30.4 Å². The van der Waals surface area contributed by atoms with Crippen LogP contribution in [0.2, 0.25) is 0 Å². The van der Waals surface area contributed by atoms with Crippen LogP contribution in [0.1, 0.15) is 18.7 Å². The van der Waals surface area contributed by atoms with Gasteiger partial charge in [0.2, 0.25) is 5.91 Å². The molecule has 2 aliphatic heterocycles. The first-order chi connectivity index (χ1) is 14.1. The molecule has 0 unspecified atom stereocenters. The van der Waals surface area contributed by atoms with E-state index >= 15 is 0 Å². The lowest BCUT2D eigenvalue weighted by Gasteiger charge is -2.36. The van der Waals surface area contributed by atoms with E-state index < -0.39 is 6.10 Å². The third-order valence-corrected chi connectivity index (χ3v) is 6.04. The molecule has 2 fully saturated rings. The van der Waals surface area contributed by atoms with E-state index in [9.17, 15) is 9.90 Å². The molecule has 2 saturated heterocycles. The molecule has 3 heterocycles. The highest BCUT2D eigenvalue weighted by atomic mass is 16.5. The number of hydrogen-bond acceptors (Lipinski definition) is 6. The van der Waals surface area contributed by atoms with Crippen LogP contribution >= 0.6 is 0 Å². The van der Waals surface area contributed by atoms with Gasteiger partial charge in [0.15, 0.2) is 0 Å². The van der Waals surface area contributed by atoms with Gasteiger partial charge in [-0.1, -0.05) is 12.1 Å². The van der Waals surface area contributed by atoms with E-state index in [0.717, 1.165) is 36.4 Å². The zero-order valence-electron chi connectivity index (χ0n) is 17.0. The maximum atomic E-state index is 12.6. The Balaban J connectivity index is 1.28. The van der Waals surface area contributed by atoms with Crippen molar-refractivity contribution in [2.45, 2.75) is 31.6 Å². The molecule has 0 aliphatic carbocycles. The lowest BCUT2D eigenvalue weighted by atomic mass is 10.0. The van der Waals surface area contributed by atoms with Crippen LogP contribution in [-0.4, -0.2) is 88.5 Å². The zero-order valence-corrected chi connectivity index (χ0v) is 17.0. The third kappa shape index (κ3) is 4.61. The molecule has 8 heteroatoms. The Morgan fingerprint density at radius 1 is 1.21 bits per heavy atom. The Bertz CT molecular complexity index is 833. The molecule has 158 valence electrons. The zero-order chi connectivity index (χ0) is 20.2. The van der Waals surface area contributed by atoms with Crippen molar-refractivity contribution in [3.8, 4) is 0 Å². The summed E-state index contributed by atoms with van der Waals surface area (Å²) < 4.78 is 13.1. The second-order valence-corrected chi connectivity index (χ2v) is 7.81. The van der Waals surface area contributed by atoms with Gasteiger partial charge in [0.1, 0.15) is 19.0 Å². The average molecular weight is 402 g/mol. The number of carbonyl (C=O) groups excluding carboxylic acids is 1. The highest BCUT2D eigenvalue weighted by Crippen LogP contribution is 2.19. The fourth-order valence-corrected chi connectivity index (χ4v) is 4.30. The number of nitrogens with zero attached hydrogens (tertiary/aromatic N) is 4. The maximum Gasteiger partial charge on any atom is 0.248 e. The number of hydrogen-bond donors (Lipinski definition) is 1. The highest BCUT2D eigenvalue weighted by Gasteiger charge is 2.31. The van der Waals surface area contributed by atoms with Gasteiger partial charge in [0.25, 0.3) is 0 Å². The van der Waals surface area contributed by atoms with E-state index in [2.05, 4.69) is 9.88 Å². The van der Waals surface area contributed by atoms with Crippen LogP contribution < -0.4 is 0 Å². The van der Waals surface area contributed by atoms with Gasteiger partial charge in [-0.25, -0.2) is 4.98 Å². The van der Waals surface area contributed by atoms with Crippen molar-refractivity contribution in [3.63, 3.8) is 0 Å². The quantitative estimate of drug-likeness (QED) is 0.796. The summed E-state index contributed by atoms with van der Waals surface area (Å²) in [4.78, 5) is 21.3. The number of likely N-dealkylation sites (tertiary alicyclic amines) is 1. The molecule has 1 aromatic carbocycles. The molecule has 0 spiro atoms. The van der Waals surface area contributed by atoms with Gasteiger partial charge in [-0.3, -0.25) is 9.69 Å². The minimum atomic E-state index is -0.410. The standard InChI is InChI=1S/C21H30N4O4/c1-23-17-5-3-2-4-16(17)22-20(23)14-29-15-21(27)25-8-6-18(19(26)7-9-25)24-10-12-28-13-11-24/h2-5,18-19,26H,6-15H2,1H3/t18-,19-/m0/s1. The number of amides is 1. The predicted molar refractivity (Wildman–Crippen MR) is 108 cm³/mol. The molecule has 29 heavy (non-hydrogen) atoms. The van der Waals surface area contributed by atoms with Crippen LogP contribution in [0.5, 0.6) is 0 Å². The van der Waals surface area contributed by atoms with Crippen molar-refractivity contribution in [1.82, 2.24) is 19.4 Å². The summed E-state index contributed by atoms with van der Waals surface area (Å²) in [6, 6.07) is 8.02. The first kappa shape index (κ1) is 20.3. The minimum absolute atomic E-state index is 0.0291. The van der Waals surface area contributed by atoms with Gasteiger partial charge < -0.3 is 24.0 Å². The fraction of sp³-hybridized carbons (Fsp3) is 0.619. The molecule has 0 radical (unpaired) electrons. The molecule has 2 atom stereocenters. The lowest BCUT2D eigenvalue weighted by Crippen LogP contribution is -2.49. The number of carbonyl (C=O) groups is 1. The van der Waals surface area contributed by atoms with Crippen LogP contribution in [0.15, 0.2) is 24.3 Å². The summed E-state index contributed by atoms with van der Waals surface area (Å²) >= 11 is 0. The molecule has 2 aromatic rings. The SMILES string of the molecule is Cn1c(COCC(=O)N2CC[C@H](O)[C@@H](N3CCOCC3)CC2)nc2ccccc21. The fourth-order valence-electron chi connectivity index (χ4n) is 4.30. The van der Waals surface area contributed by atoms with Crippen LogP contribution in [0.3, 0.4) is 0 Å². The van der Waals surface area contributed by atoms with E-state index in [1.165, 1.54) is 0 Å². The van der Waals surface area contributed by atoms with Gasteiger partial charge >= 0.3 is 0 Å². The number of aryl methyl sites for hydroxylation is 1. The molecule has 1 amide bonds. The van der Waals surface area contributed by atoms with Crippen LogP contribution in [-0.2, 0) is 27.9 Å². The van der Waals surface area contributed by atoms with E-state index in [1.807, 2.05) is 40.8 Å². The van der Waals surface area contributed by atoms with Gasteiger partial charge in [-0.15, -0.1) is 0 Å². The van der Waals surface area contributed by atoms with E-state index in [-0.39, 0.29) is 18.6 Å². The Labute approximate surface area is 171 Å². The number of rotatable bonds is 5. The van der Waals surface area contributed by atoms with Crippen LogP contribution in [0.25, 0.3) is 11.0 Å². The van der Waals surface area contributed by atoms with Crippen molar-refractivity contribution in [2.75, 3.05) is 46.0 Å². The van der Waals surface area contributed by atoms with Gasteiger partial charge in [-0.05, 0) is 25.0 Å². The minimum Gasteiger partial charge on any atom is -0.391 e. The summed E-state index contributed by atoms with van der Waals surface area (Å²) in [6.07, 6.45) is 0.961.